The van der Waals surface area contributed by atoms with Crippen LogP contribution in [0.15, 0.2) is 66.7 Å². The molecule has 4 aromatic rings. The van der Waals surface area contributed by atoms with Crippen molar-refractivity contribution in [2.45, 2.75) is 6.04 Å². The zero-order valence-electron chi connectivity index (χ0n) is 15.4. The number of fused-ring (bicyclic) bond motifs is 1. The molecule has 0 saturated carbocycles. The zero-order valence-corrected chi connectivity index (χ0v) is 16.2. The minimum atomic E-state index is -0.480. The van der Waals surface area contributed by atoms with Crippen LogP contribution in [0.3, 0.4) is 0 Å². The maximum absolute atomic E-state index is 11.0. The smallest absolute Gasteiger partial charge is 0.269 e. The Morgan fingerprint density at radius 3 is 2.59 bits per heavy atom. The molecular weight excluding hydrogens is 390 g/mol. The third kappa shape index (κ3) is 3.83. The van der Waals surface area contributed by atoms with Crippen LogP contribution < -0.4 is 10.1 Å². The minimum Gasteiger partial charge on any atom is -0.508 e. The Balaban J connectivity index is 1.79. The summed E-state index contributed by atoms with van der Waals surface area (Å²) in [6.07, 6.45) is 0. The van der Waals surface area contributed by atoms with E-state index in [9.17, 15) is 15.2 Å². The van der Waals surface area contributed by atoms with Crippen molar-refractivity contribution in [1.82, 2.24) is 4.98 Å². The summed E-state index contributed by atoms with van der Waals surface area (Å²) >= 11 is 1.50. The fourth-order valence-electron chi connectivity index (χ4n) is 3.08. The number of rotatable bonds is 6. The highest BCUT2D eigenvalue weighted by Gasteiger charge is 2.21. The summed E-state index contributed by atoms with van der Waals surface area (Å²) in [6, 6.07) is 18.5. The first kappa shape index (κ1) is 18.7. The monoisotopic (exact) mass is 407 g/mol. The molecule has 1 heterocycles. The SMILES string of the molecule is COc1ccc(O)c(C(Nc2nc3ccccc3s2)c2ccc([N+](=O)[O-])cc2)c1. The van der Waals surface area contributed by atoms with E-state index in [0.717, 1.165) is 15.8 Å². The molecule has 0 saturated heterocycles. The van der Waals surface area contributed by atoms with Gasteiger partial charge in [0.15, 0.2) is 5.13 Å². The predicted molar refractivity (Wildman–Crippen MR) is 113 cm³/mol. The highest BCUT2D eigenvalue weighted by molar-refractivity contribution is 7.22. The number of ether oxygens (including phenoxy) is 1. The number of benzene rings is 3. The number of anilines is 1. The van der Waals surface area contributed by atoms with Crippen LogP contribution in [0.4, 0.5) is 10.8 Å². The Morgan fingerprint density at radius 2 is 1.90 bits per heavy atom. The van der Waals surface area contributed by atoms with Crippen LogP contribution in [0.25, 0.3) is 10.2 Å². The lowest BCUT2D eigenvalue weighted by molar-refractivity contribution is -0.384. The molecular formula is C21H17N3O4S. The number of nitrogens with one attached hydrogen (secondary N) is 1. The van der Waals surface area contributed by atoms with Crippen molar-refractivity contribution in [2.75, 3.05) is 12.4 Å². The Morgan fingerprint density at radius 1 is 1.14 bits per heavy atom. The summed E-state index contributed by atoms with van der Waals surface area (Å²) in [5.74, 6) is 0.679. The van der Waals surface area contributed by atoms with Crippen molar-refractivity contribution >= 4 is 32.4 Å². The van der Waals surface area contributed by atoms with Crippen LogP contribution in [0.5, 0.6) is 11.5 Å². The molecule has 0 fully saturated rings. The summed E-state index contributed by atoms with van der Waals surface area (Å²) in [5.41, 5.74) is 2.20. The number of phenolic OH excluding ortho intramolecular Hbond substituents is 1. The van der Waals surface area contributed by atoms with Gasteiger partial charge in [-0.2, -0.15) is 0 Å². The largest absolute Gasteiger partial charge is 0.508 e. The van der Waals surface area contributed by atoms with E-state index in [1.54, 1.807) is 37.4 Å². The molecule has 0 spiro atoms. The van der Waals surface area contributed by atoms with E-state index in [1.807, 2.05) is 24.3 Å². The Kier molecular flexibility index (Phi) is 5.01. The van der Waals surface area contributed by atoms with E-state index in [2.05, 4.69) is 10.3 Å². The van der Waals surface area contributed by atoms with Gasteiger partial charge in [0.1, 0.15) is 11.5 Å². The molecule has 1 unspecified atom stereocenters. The number of aromatic nitrogens is 1. The van der Waals surface area contributed by atoms with Crippen molar-refractivity contribution in [3.63, 3.8) is 0 Å². The number of nitro groups is 1. The number of phenols is 1. The van der Waals surface area contributed by atoms with Gasteiger partial charge in [0.25, 0.3) is 5.69 Å². The molecule has 4 rings (SSSR count). The third-order valence-corrected chi connectivity index (χ3v) is 5.51. The van der Waals surface area contributed by atoms with E-state index in [0.29, 0.717) is 16.4 Å². The van der Waals surface area contributed by atoms with Crippen LogP contribution in [-0.2, 0) is 0 Å². The van der Waals surface area contributed by atoms with Gasteiger partial charge in [-0.3, -0.25) is 10.1 Å². The van der Waals surface area contributed by atoms with Gasteiger partial charge in [-0.1, -0.05) is 23.5 Å². The lowest BCUT2D eigenvalue weighted by Crippen LogP contribution is -2.12. The lowest BCUT2D eigenvalue weighted by Gasteiger charge is -2.21. The first-order valence-corrected chi connectivity index (χ1v) is 9.60. The molecule has 3 aromatic carbocycles. The molecule has 8 heteroatoms. The minimum absolute atomic E-state index is 0.00218. The van der Waals surface area contributed by atoms with Crippen molar-refractivity contribution in [3.05, 3.63) is 88.0 Å². The molecule has 0 aliphatic heterocycles. The second kappa shape index (κ2) is 7.76. The fourth-order valence-corrected chi connectivity index (χ4v) is 3.97. The number of methoxy groups -OCH3 is 1. The normalized spacial score (nSPS) is 11.9. The zero-order chi connectivity index (χ0) is 20.4. The summed E-state index contributed by atoms with van der Waals surface area (Å²) in [5, 5.41) is 25.5. The Bertz CT molecular complexity index is 1140. The van der Waals surface area contributed by atoms with E-state index in [4.69, 9.17) is 4.74 Å². The quantitative estimate of drug-likeness (QED) is 0.340. The second-order valence-electron chi connectivity index (χ2n) is 6.34. The molecule has 7 nitrogen and oxygen atoms in total. The number of hydrogen-bond acceptors (Lipinski definition) is 7. The number of nitro benzene ring substituents is 1. The summed E-state index contributed by atoms with van der Waals surface area (Å²) < 4.78 is 6.34. The number of aromatic hydroxyl groups is 1. The first-order valence-electron chi connectivity index (χ1n) is 8.78. The molecule has 0 aliphatic rings. The standard InChI is InChI=1S/C21H17N3O4S/c1-28-15-10-11-18(25)16(12-15)20(13-6-8-14(9-7-13)24(26)27)23-21-22-17-4-2-3-5-19(17)29-21/h2-12,20,25H,1H3,(H,22,23). The van der Waals surface area contributed by atoms with Crippen LogP contribution in [-0.4, -0.2) is 22.1 Å². The molecule has 0 aliphatic carbocycles. The molecule has 1 atom stereocenters. The summed E-state index contributed by atoms with van der Waals surface area (Å²) in [6.45, 7) is 0. The number of hydrogen-bond donors (Lipinski definition) is 2. The molecule has 0 bridgehead atoms. The molecule has 2 N–H and O–H groups in total. The van der Waals surface area contributed by atoms with Crippen LogP contribution in [0.2, 0.25) is 0 Å². The van der Waals surface area contributed by atoms with Gasteiger partial charge in [0.2, 0.25) is 0 Å². The Labute approximate surface area is 170 Å². The van der Waals surface area contributed by atoms with Crippen LogP contribution in [0.1, 0.15) is 17.2 Å². The maximum Gasteiger partial charge on any atom is 0.269 e. The number of para-hydroxylation sites is 1. The third-order valence-electron chi connectivity index (χ3n) is 4.54. The van der Waals surface area contributed by atoms with Gasteiger partial charge in [-0.05, 0) is 48.0 Å². The van der Waals surface area contributed by atoms with Crippen molar-refractivity contribution in [2.24, 2.45) is 0 Å². The molecule has 29 heavy (non-hydrogen) atoms. The molecule has 0 radical (unpaired) electrons. The second-order valence-corrected chi connectivity index (χ2v) is 7.37. The van der Waals surface area contributed by atoms with Gasteiger partial charge in [0.05, 0.1) is 28.3 Å². The van der Waals surface area contributed by atoms with E-state index < -0.39 is 11.0 Å². The first-order chi connectivity index (χ1) is 14.0. The lowest BCUT2D eigenvalue weighted by atomic mass is 9.97. The summed E-state index contributed by atoms with van der Waals surface area (Å²) in [7, 11) is 1.55. The van der Waals surface area contributed by atoms with Crippen molar-refractivity contribution < 1.29 is 14.8 Å². The Hall–Kier alpha value is -3.65. The topological polar surface area (TPSA) is 97.5 Å². The van der Waals surface area contributed by atoms with Crippen molar-refractivity contribution in [1.29, 1.82) is 0 Å². The highest BCUT2D eigenvalue weighted by Crippen LogP contribution is 2.37. The molecule has 0 amide bonds. The van der Waals surface area contributed by atoms with E-state index >= 15 is 0 Å². The van der Waals surface area contributed by atoms with Crippen molar-refractivity contribution in [3.8, 4) is 11.5 Å². The number of nitrogens with zero attached hydrogens (tertiary/aromatic N) is 2. The highest BCUT2D eigenvalue weighted by atomic mass is 32.1. The molecule has 146 valence electrons. The summed E-state index contributed by atoms with van der Waals surface area (Å²) in [4.78, 5) is 15.2. The van der Waals surface area contributed by atoms with Crippen LogP contribution >= 0.6 is 11.3 Å². The molecule has 1 aromatic heterocycles. The van der Waals surface area contributed by atoms with Crippen LogP contribution in [0, 0.1) is 10.1 Å². The van der Waals surface area contributed by atoms with Gasteiger partial charge in [0, 0.05) is 17.7 Å². The number of thiazole rings is 1. The fraction of sp³-hybridized carbons (Fsp3) is 0.0952. The van der Waals surface area contributed by atoms with Gasteiger partial charge < -0.3 is 15.2 Å². The van der Waals surface area contributed by atoms with E-state index in [1.165, 1.54) is 23.5 Å². The van der Waals surface area contributed by atoms with Gasteiger partial charge in [-0.15, -0.1) is 0 Å². The van der Waals surface area contributed by atoms with Gasteiger partial charge in [-0.25, -0.2) is 4.98 Å². The van der Waals surface area contributed by atoms with Gasteiger partial charge >= 0.3 is 0 Å². The maximum atomic E-state index is 11.0. The average molecular weight is 407 g/mol. The average Bonchev–Trinajstić information content (AvgIpc) is 3.15. The number of non-ortho nitro benzene ring substituents is 1. The predicted octanol–water partition coefficient (Wildman–Crippen LogP) is 5.12. The van der Waals surface area contributed by atoms with E-state index in [-0.39, 0.29) is 11.4 Å².